The first-order valence-electron chi connectivity index (χ1n) is 7.27. The van der Waals surface area contributed by atoms with Crippen LogP contribution in [0.25, 0.3) is 5.69 Å². The SMILES string of the molecule is CCCc1c(N)c(=O)n(-c2ccccc2C)n1CCC. The standard InChI is InChI=1S/C16H23N3O/c1-4-8-14-15(17)16(20)19(18(14)11-5-2)13-10-7-6-9-12(13)3/h6-7,9-10H,4-5,8,11,17H2,1-3H3. The molecule has 0 fully saturated rings. The smallest absolute Gasteiger partial charge is 0.294 e. The van der Waals surface area contributed by atoms with Crippen molar-refractivity contribution in [1.82, 2.24) is 9.36 Å². The summed E-state index contributed by atoms with van der Waals surface area (Å²) in [6, 6.07) is 7.92. The number of nitrogen functional groups attached to an aromatic ring is 1. The minimum absolute atomic E-state index is 0.101. The topological polar surface area (TPSA) is 53.0 Å². The van der Waals surface area contributed by atoms with Gasteiger partial charge in [0.25, 0.3) is 5.56 Å². The average Bonchev–Trinajstić information content (AvgIpc) is 2.66. The summed E-state index contributed by atoms with van der Waals surface area (Å²) in [5.74, 6) is 0. The molecule has 20 heavy (non-hydrogen) atoms. The quantitative estimate of drug-likeness (QED) is 0.910. The third kappa shape index (κ3) is 2.38. The molecule has 1 aromatic carbocycles. The molecule has 0 atom stereocenters. The van der Waals surface area contributed by atoms with Crippen molar-refractivity contribution >= 4 is 5.69 Å². The molecule has 0 aliphatic carbocycles. The van der Waals surface area contributed by atoms with E-state index in [1.807, 2.05) is 35.9 Å². The van der Waals surface area contributed by atoms with Gasteiger partial charge in [-0.25, -0.2) is 4.68 Å². The molecule has 0 radical (unpaired) electrons. The summed E-state index contributed by atoms with van der Waals surface area (Å²) < 4.78 is 3.78. The van der Waals surface area contributed by atoms with Crippen molar-refractivity contribution in [3.05, 3.63) is 45.9 Å². The summed E-state index contributed by atoms with van der Waals surface area (Å²) in [5, 5.41) is 0. The maximum atomic E-state index is 12.5. The van der Waals surface area contributed by atoms with Crippen molar-refractivity contribution in [2.45, 2.75) is 46.6 Å². The Kier molecular flexibility index (Phi) is 4.32. The monoisotopic (exact) mass is 273 g/mol. The lowest BCUT2D eigenvalue weighted by Crippen LogP contribution is -2.23. The van der Waals surface area contributed by atoms with Gasteiger partial charge in [-0.2, -0.15) is 0 Å². The third-order valence-electron chi connectivity index (χ3n) is 3.55. The summed E-state index contributed by atoms with van der Waals surface area (Å²) in [4.78, 5) is 12.5. The Bertz CT molecular complexity index is 652. The molecule has 0 unspecified atom stereocenters. The van der Waals surface area contributed by atoms with E-state index in [1.54, 1.807) is 4.68 Å². The summed E-state index contributed by atoms with van der Waals surface area (Å²) in [5.41, 5.74) is 9.30. The van der Waals surface area contributed by atoms with Gasteiger partial charge in [-0.05, 0) is 31.4 Å². The van der Waals surface area contributed by atoms with E-state index >= 15 is 0 Å². The van der Waals surface area contributed by atoms with Gasteiger partial charge in [0.05, 0.1) is 11.4 Å². The molecule has 0 spiro atoms. The van der Waals surface area contributed by atoms with E-state index in [2.05, 4.69) is 13.8 Å². The number of nitrogens with zero attached hydrogens (tertiary/aromatic N) is 2. The van der Waals surface area contributed by atoms with Gasteiger partial charge in [-0.3, -0.25) is 9.48 Å². The largest absolute Gasteiger partial charge is 0.393 e. The molecule has 0 saturated heterocycles. The van der Waals surface area contributed by atoms with E-state index < -0.39 is 0 Å². The number of hydrogen-bond acceptors (Lipinski definition) is 2. The normalized spacial score (nSPS) is 10.9. The summed E-state index contributed by atoms with van der Waals surface area (Å²) in [7, 11) is 0. The Hall–Kier alpha value is -1.97. The molecular weight excluding hydrogens is 250 g/mol. The molecule has 4 heteroatoms. The number of anilines is 1. The number of para-hydroxylation sites is 1. The third-order valence-corrected chi connectivity index (χ3v) is 3.55. The number of benzene rings is 1. The predicted molar refractivity (Wildman–Crippen MR) is 83.5 cm³/mol. The first kappa shape index (κ1) is 14.4. The number of aromatic nitrogens is 2. The molecule has 4 nitrogen and oxygen atoms in total. The fourth-order valence-electron chi connectivity index (χ4n) is 2.59. The van der Waals surface area contributed by atoms with Crippen LogP contribution in [0.15, 0.2) is 29.1 Å². The van der Waals surface area contributed by atoms with E-state index in [4.69, 9.17) is 5.73 Å². The average molecular weight is 273 g/mol. The van der Waals surface area contributed by atoms with Gasteiger partial charge in [-0.1, -0.05) is 38.5 Å². The lowest BCUT2D eigenvalue weighted by atomic mass is 10.2. The minimum atomic E-state index is -0.101. The highest BCUT2D eigenvalue weighted by molar-refractivity contribution is 5.48. The van der Waals surface area contributed by atoms with E-state index in [0.717, 1.165) is 42.8 Å². The number of nitrogens with two attached hydrogens (primary N) is 1. The highest BCUT2D eigenvalue weighted by atomic mass is 16.1. The Morgan fingerprint density at radius 3 is 2.45 bits per heavy atom. The van der Waals surface area contributed by atoms with Gasteiger partial charge in [0.15, 0.2) is 0 Å². The van der Waals surface area contributed by atoms with Crippen LogP contribution in [-0.4, -0.2) is 9.36 Å². The van der Waals surface area contributed by atoms with Crippen molar-refractivity contribution in [2.24, 2.45) is 0 Å². The number of rotatable bonds is 5. The first-order valence-corrected chi connectivity index (χ1v) is 7.27. The Balaban J connectivity index is 2.72. The lowest BCUT2D eigenvalue weighted by Gasteiger charge is -2.15. The molecule has 2 aromatic rings. The van der Waals surface area contributed by atoms with Gasteiger partial charge in [0, 0.05) is 6.54 Å². The number of aryl methyl sites for hydroxylation is 1. The fraction of sp³-hybridized carbons (Fsp3) is 0.438. The molecule has 0 bridgehead atoms. The summed E-state index contributed by atoms with van der Waals surface area (Å²) >= 11 is 0. The first-order chi connectivity index (χ1) is 9.61. The summed E-state index contributed by atoms with van der Waals surface area (Å²) in [6.07, 6.45) is 2.78. The second kappa shape index (κ2) is 5.99. The molecule has 0 aliphatic heterocycles. The van der Waals surface area contributed by atoms with E-state index in [-0.39, 0.29) is 5.56 Å². The maximum absolute atomic E-state index is 12.5. The Morgan fingerprint density at radius 1 is 1.15 bits per heavy atom. The van der Waals surface area contributed by atoms with Crippen LogP contribution >= 0.6 is 0 Å². The molecule has 1 aromatic heterocycles. The van der Waals surface area contributed by atoms with Gasteiger partial charge in [-0.15, -0.1) is 0 Å². The highest BCUT2D eigenvalue weighted by Gasteiger charge is 2.18. The molecule has 0 aliphatic rings. The number of hydrogen-bond donors (Lipinski definition) is 1. The highest BCUT2D eigenvalue weighted by Crippen LogP contribution is 2.18. The van der Waals surface area contributed by atoms with Crippen molar-refractivity contribution < 1.29 is 0 Å². The molecule has 0 amide bonds. The van der Waals surface area contributed by atoms with Crippen LogP contribution < -0.4 is 11.3 Å². The Labute approximate surface area is 119 Å². The zero-order valence-electron chi connectivity index (χ0n) is 12.5. The van der Waals surface area contributed by atoms with Crippen LogP contribution in [0.4, 0.5) is 5.69 Å². The van der Waals surface area contributed by atoms with Crippen LogP contribution in [-0.2, 0) is 13.0 Å². The molecule has 2 rings (SSSR count). The lowest BCUT2D eigenvalue weighted by molar-refractivity contribution is 0.511. The van der Waals surface area contributed by atoms with Crippen molar-refractivity contribution in [1.29, 1.82) is 0 Å². The molecule has 0 saturated carbocycles. The molecule has 1 heterocycles. The fourth-order valence-corrected chi connectivity index (χ4v) is 2.59. The van der Waals surface area contributed by atoms with Crippen LogP contribution in [0.2, 0.25) is 0 Å². The molecule has 108 valence electrons. The van der Waals surface area contributed by atoms with Crippen molar-refractivity contribution in [3.8, 4) is 5.69 Å². The molecular formula is C16H23N3O. The Morgan fingerprint density at radius 2 is 1.85 bits per heavy atom. The zero-order chi connectivity index (χ0) is 14.7. The van der Waals surface area contributed by atoms with Gasteiger partial charge in [0.2, 0.25) is 0 Å². The van der Waals surface area contributed by atoms with Crippen LogP contribution in [0.1, 0.15) is 37.9 Å². The van der Waals surface area contributed by atoms with E-state index in [0.29, 0.717) is 5.69 Å². The zero-order valence-corrected chi connectivity index (χ0v) is 12.5. The predicted octanol–water partition coefficient (Wildman–Crippen LogP) is 2.89. The second-order valence-electron chi connectivity index (χ2n) is 5.14. The van der Waals surface area contributed by atoms with Crippen molar-refractivity contribution in [2.75, 3.05) is 5.73 Å². The van der Waals surface area contributed by atoms with E-state index in [9.17, 15) is 4.79 Å². The van der Waals surface area contributed by atoms with E-state index in [1.165, 1.54) is 0 Å². The van der Waals surface area contributed by atoms with Crippen LogP contribution in [0, 0.1) is 6.92 Å². The van der Waals surface area contributed by atoms with Crippen molar-refractivity contribution in [3.63, 3.8) is 0 Å². The van der Waals surface area contributed by atoms with Gasteiger partial charge < -0.3 is 5.73 Å². The van der Waals surface area contributed by atoms with Crippen LogP contribution in [0.3, 0.4) is 0 Å². The summed E-state index contributed by atoms with van der Waals surface area (Å²) in [6.45, 7) is 7.03. The van der Waals surface area contributed by atoms with Gasteiger partial charge >= 0.3 is 0 Å². The molecule has 2 N–H and O–H groups in total. The van der Waals surface area contributed by atoms with Crippen LogP contribution in [0.5, 0.6) is 0 Å². The maximum Gasteiger partial charge on any atom is 0.294 e. The second-order valence-corrected chi connectivity index (χ2v) is 5.14. The van der Waals surface area contributed by atoms with Gasteiger partial charge in [0.1, 0.15) is 5.69 Å². The minimum Gasteiger partial charge on any atom is -0.393 e.